The molecule has 0 aromatic heterocycles. The van der Waals surface area contributed by atoms with Crippen molar-refractivity contribution in [1.82, 2.24) is 0 Å². The average Bonchev–Trinajstić information content (AvgIpc) is 2.17. The monoisotopic (exact) mass is 203 g/mol. The smallest absolute Gasteiger partial charge is 0.0701 e. The second-order valence-electron chi connectivity index (χ2n) is 3.70. The van der Waals surface area contributed by atoms with Crippen LogP contribution in [0.2, 0.25) is 0 Å². The maximum atomic E-state index is 5.43. The molecule has 0 heterocycles. The van der Waals surface area contributed by atoms with Crippen LogP contribution in [0.15, 0.2) is 0 Å². The highest BCUT2D eigenvalue weighted by molar-refractivity contribution is 4.50. The molecule has 0 fully saturated rings. The number of ether oxygens (including phenoxy) is 2. The van der Waals surface area contributed by atoms with Crippen LogP contribution in [0, 0.1) is 5.92 Å². The van der Waals surface area contributed by atoms with Gasteiger partial charge in [-0.3, -0.25) is 0 Å². The van der Waals surface area contributed by atoms with E-state index in [1.165, 1.54) is 12.8 Å². The Hall–Kier alpha value is -0.120. The van der Waals surface area contributed by atoms with E-state index >= 15 is 0 Å². The van der Waals surface area contributed by atoms with Gasteiger partial charge in [0.15, 0.2) is 0 Å². The van der Waals surface area contributed by atoms with E-state index in [1.54, 1.807) is 0 Å². The summed E-state index contributed by atoms with van der Waals surface area (Å²) in [4.78, 5) is 0. The van der Waals surface area contributed by atoms with E-state index < -0.39 is 0 Å². The first-order valence-corrected chi connectivity index (χ1v) is 5.66. The number of nitrogens with two attached hydrogens (primary N) is 1. The van der Waals surface area contributed by atoms with Crippen LogP contribution in [0.3, 0.4) is 0 Å². The van der Waals surface area contributed by atoms with E-state index in [-0.39, 0.29) is 0 Å². The number of hydrogen-bond acceptors (Lipinski definition) is 3. The molecule has 0 aliphatic carbocycles. The quantitative estimate of drug-likeness (QED) is 0.551. The van der Waals surface area contributed by atoms with Crippen molar-refractivity contribution < 1.29 is 9.47 Å². The van der Waals surface area contributed by atoms with Crippen molar-refractivity contribution in [3.63, 3.8) is 0 Å². The third-order valence-corrected chi connectivity index (χ3v) is 2.17. The summed E-state index contributed by atoms with van der Waals surface area (Å²) in [7, 11) is 0. The molecular formula is C11H25NO2. The van der Waals surface area contributed by atoms with Gasteiger partial charge in [0.1, 0.15) is 0 Å². The molecule has 0 amide bonds. The summed E-state index contributed by atoms with van der Waals surface area (Å²) in [6, 6.07) is 0. The van der Waals surface area contributed by atoms with E-state index in [1.807, 2.05) is 0 Å². The van der Waals surface area contributed by atoms with Crippen LogP contribution < -0.4 is 5.73 Å². The maximum absolute atomic E-state index is 5.43. The number of rotatable bonds is 10. The highest BCUT2D eigenvalue weighted by Crippen LogP contribution is 2.09. The van der Waals surface area contributed by atoms with Gasteiger partial charge in [0.05, 0.1) is 19.8 Å². The molecule has 0 bridgehead atoms. The van der Waals surface area contributed by atoms with Gasteiger partial charge in [0.25, 0.3) is 0 Å². The van der Waals surface area contributed by atoms with Gasteiger partial charge < -0.3 is 15.2 Å². The van der Waals surface area contributed by atoms with Crippen LogP contribution in [-0.2, 0) is 9.47 Å². The van der Waals surface area contributed by atoms with Crippen molar-refractivity contribution in [2.75, 3.05) is 33.0 Å². The van der Waals surface area contributed by atoms with Crippen LogP contribution in [0.5, 0.6) is 0 Å². The van der Waals surface area contributed by atoms with Crippen molar-refractivity contribution in [2.45, 2.75) is 33.1 Å². The molecule has 0 aromatic rings. The topological polar surface area (TPSA) is 44.5 Å². The Morgan fingerprint density at radius 1 is 1.00 bits per heavy atom. The van der Waals surface area contributed by atoms with Gasteiger partial charge >= 0.3 is 0 Å². The second kappa shape index (κ2) is 11.0. The Balaban J connectivity index is 2.98. The zero-order valence-electron chi connectivity index (χ0n) is 9.63. The van der Waals surface area contributed by atoms with Crippen LogP contribution in [0.25, 0.3) is 0 Å². The van der Waals surface area contributed by atoms with Crippen molar-refractivity contribution in [3.8, 4) is 0 Å². The van der Waals surface area contributed by atoms with Crippen molar-refractivity contribution in [1.29, 1.82) is 0 Å². The Labute approximate surface area is 88.0 Å². The molecule has 0 saturated heterocycles. The van der Waals surface area contributed by atoms with Gasteiger partial charge in [-0.15, -0.1) is 0 Å². The molecule has 0 saturated carbocycles. The number of hydrogen-bond donors (Lipinski definition) is 1. The Morgan fingerprint density at radius 3 is 2.21 bits per heavy atom. The predicted molar refractivity (Wildman–Crippen MR) is 59.4 cm³/mol. The van der Waals surface area contributed by atoms with Gasteiger partial charge in [-0.05, 0) is 12.3 Å². The SMILES string of the molecule is CCCC(C)CCOCCOCCN. The van der Waals surface area contributed by atoms with E-state index in [9.17, 15) is 0 Å². The minimum absolute atomic E-state index is 0.591. The van der Waals surface area contributed by atoms with Gasteiger partial charge in [-0.1, -0.05) is 26.7 Å². The van der Waals surface area contributed by atoms with Crippen molar-refractivity contribution in [3.05, 3.63) is 0 Å². The molecule has 3 nitrogen and oxygen atoms in total. The Kier molecular flexibility index (Phi) is 10.9. The third-order valence-electron chi connectivity index (χ3n) is 2.17. The molecule has 0 aliphatic rings. The fourth-order valence-corrected chi connectivity index (χ4v) is 1.33. The normalized spacial score (nSPS) is 13.1. The first-order chi connectivity index (χ1) is 6.81. The summed E-state index contributed by atoms with van der Waals surface area (Å²) >= 11 is 0. The van der Waals surface area contributed by atoms with Gasteiger partial charge in [0.2, 0.25) is 0 Å². The molecule has 0 aliphatic heterocycles. The fraction of sp³-hybridized carbons (Fsp3) is 1.00. The van der Waals surface area contributed by atoms with Gasteiger partial charge in [-0.25, -0.2) is 0 Å². The largest absolute Gasteiger partial charge is 0.379 e. The first-order valence-electron chi connectivity index (χ1n) is 5.66. The molecule has 0 rings (SSSR count). The molecule has 86 valence electrons. The molecule has 2 N–H and O–H groups in total. The van der Waals surface area contributed by atoms with Gasteiger partial charge in [0, 0.05) is 13.2 Å². The third kappa shape index (κ3) is 9.96. The molecule has 1 unspecified atom stereocenters. The summed E-state index contributed by atoms with van der Waals surface area (Å²) in [5, 5.41) is 0. The lowest BCUT2D eigenvalue weighted by Gasteiger charge is -2.10. The van der Waals surface area contributed by atoms with Crippen molar-refractivity contribution in [2.24, 2.45) is 11.7 Å². The van der Waals surface area contributed by atoms with Crippen LogP contribution in [0.1, 0.15) is 33.1 Å². The molecule has 0 radical (unpaired) electrons. The molecule has 3 heteroatoms. The lowest BCUT2D eigenvalue weighted by Crippen LogP contribution is -2.12. The Morgan fingerprint density at radius 2 is 1.64 bits per heavy atom. The highest BCUT2D eigenvalue weighted by atomic mass is 16.5. The predicted octanol–water partition coefficient (Wildman–Crippen LogP) is 1.80. The van der Waals surface area contributed by atoms with E-state index in [2.05, 4.69) is 13.8 Å². The van der Waals surface area contributed by atoms with Crippen LogP contribution in [-0.4, -0.2) is 33.0 Å². The Bertz CT molecular complexity index is 109. The first kappa shape index (κ1) is 13.9. The zero-order chi connectivity index (χ0) is 10.6. The van der Waals surface area contributed by atoms with Gasteiger partial charge in [-0.2, -0.15) is 0 Å². The molecule has 1 atom stereocenters. The molecular weight excluding hydrogens is 178 g/mol. The van der Waals surface area contributed by atoms with E-state index in [0.717, 1.165) is 18.9 Å². The summed E-state index contributed by atoms with van der Waals surface area (Å²) in [6.45, 7) is 7.93. The average molecular weight is 203 g/mol. The zero-order valence-corrected chi connectivity index (χ0v) is 9.63. The molecule has 14 heavy (non-hydrogen) atoms. The maximum Gasteiger partial charge on any atom is 0.0701 e. The highest BCUT2D eigenvalue weighted by Gasteiger charge is 1.99. The molecule has 0 aromatic carbocycles. The summed E-state index contributed by atoms with van der Waals surface area (Å²) in [5.74, 6) is 0.782. The standard InChI is InChI=1S/C11H25NO2/c1-3-4-11(2)5-7-13-9-10-14-8-6-12/h11H,3-10,12H2,1-2H3. The van der Waals surface area contributed by atoms with Crippen LogP contribution in [0.4, 0.5) is 0 Å². The minimum atomic E-state index is 0.591. The van der Waals surface area contributed by atoms with E-state index in [4.69, 9.17) is 15.2 Å². The summed E-state index contributed by atoms with van der Waals surface area (Å²) in [5.41, 5.74) is 5.28. The molecule has 0 spiro atoms. The summed E-state index contributed by atoms with van der Waals surface area (Å²) < 4.78 is 10.6. The van der Waals surface area contributed by atoms with E-state index in [0.29, 0.717) is 26.4 Å². The van der Waals surface area contributed by atoms with Crippen molar-refractivity contribution >= 4 is 0 Å². The fourth-order valence-electron chi connectivity index (χ4n) is 1.33. The van der Waals surface area contributed by atoms with Crippen LogP contribution >= 0.6 is 0 Å². The lowest BCUT2D eigenvalue weighted by atomic mass is 10.0. The second-order valence-corrected chi connectivity index (χ2v) is 3.70. The summed E-state index contributed by atoms with van der Waals surface area (Å²) in [6.07, 6.45) is 3.72. The minimum Gasteiger partial charge on any atom is -0.379 e. The lowest BCUT2D eigenvalue weighted by molar-refractivity contribution is 0.0459.